The molecule has 3 N–H and O–H groups in total. The van der Waals surface area contributed by atoms with Gasteiger partial charge in [0.2, 0.25) is 5.88 Å². The zero-order valence-electron chi connectivity index (χ0n) is 17.0. The number of urea groups is 1. The number of alkyl halides is 3. The minimum Gasteiger partial charge on any atom is -0.439 e. The molecule has 0 saturated carbocycles. The molecule has 3 aromatic rings. The van der Waals surface area contributed by atoms with Crippen LogP contribution in [0.25, 0.3) is 0 Å². The van der Waals surface area contributed by atoms with Gasteiger partial charge in [-0.1, -0.05) is 6.07 Å². The summed E-state index contributed by atoms with van der Waals surface area (Å²) in [7, 11) is 1.73. The van der Waals surface area contributed by atoms with E-state index in [0.717, 1.165) is 17.7 Å². The number of aryl methyl sites for hydroxylation is 2. The fourth-order valence-corrected chi connectivity index (χ4v) is 2.74. The minimum atomic E-state index is -4.49. The summed E-state index contributed by atoms with van der Waals surface area (Å²) in [4.78, 5) is 20.4. The Bertz CT molecular complexity index is 1100. The van der Waals surface area contributed by atoms with E-state index in [0.29, 0.717) is 28.7 Å². The number of anilines is 3. The molecule has 1 aromatic heterocycles. The van der Waals surface area contributed by atoms with Gasteiger partial charge in [-0.2, -0.15) is 13.2 Å². The standard InChI is InChI=1S/C21H20F3N5O2/c1-12-8-17(31-19-10-18(25-3)26-11-27-19)13(2)7-16(12)29-20(30)28-15-6-4-5-14(9-15)21(22,23)24/h4-11H,1-3H3,(H,25,26,27)(H2,28,29,30). The molecule has 0 aliphatic heterocycles. The summed E-state index contributed by atoms with van der Waals surface area (Å²) in [5, 5.41) is 7.95. The average molecular weight is 431 g/mol. The third-order valence-electron chi connectivity index (χ3n) is 4.33. The van der Waals surface area contributed by atoms with Crippen LogP contribution in [-0.4, -0.2) is 23.0 Å². The second kappa shape index (κ2) is 8.90. The molecule has 10 heteroatoms. The lowest BCUT2D eigenvalue weighted by Crippen LogP contribution is -2.20. The smallest absolute Gasteiger partial charge is 0.416 e. The molecule has 0 atom stereocenters. The third kappa shape index (κ3) is 5.62. The van der Waals surface area contributed by atoms with Crippen LogP contribution in [0.4, 0.5) is 35.2 Å². The number of carbonyl (C=O) groups excluding carboxylic acids is 1. The molecule has 0 aliphatic rings. The molecular formula is C21H20F3N5O2. The highest BCUT2D eigenvalue weighted by atomic mass is 19.4. The SMILES string of the molecule is CNc1cc(Oc2cc(C)c(NC(=O)Nc3cccc(C(F)(F)F)c3)cc2C)ncn1. The molecular weight excluding hydrogens is 411 g/mol. The first-order valence-electron chi connectivity index (χ1n) is 9.20. The van der Waals surface area contributed by atoms with Crippen molar-refractivity contribution in [2.24, 2.45) is 0 Å². The van der Waals surface area contributed by atoms with Gasteiger partial charge in [-0.15, -0.1) is 0 Å². The molecule has 0 aliphatic carbocycles. The average Bonchev–Trinajstić information content (AvgIpc) is 2.71. The minimum absolute atomic E-state index is 0.0331. The number of carbonyl (C=O) groups is 1. The summed E-state index contributed by atoms with van der Waals surface area (Å²) in [5.41, 5.74) is 1.11. The topological polar surface area (TPSA) is 88.2 Å². The highest BCUT2D eigenvalue weighted by molar-refractivity contribution is 6.00. The summed E-state index contributed by atoms with van der Waals surface area (Å²) < 4.78 is 44.3. The molecule has 0 radical (unpaired) electrons. The number of amides is 2. The predicted molar refractivity (Wildman–Crippen MR) is 112 cm³/mol. The maximum Gasteiger partial charge on any atom is 0.416 e. The third-order valence-corrected chi connectivity index (χ3v) is 4.33. The van der Waals surface area contributed by atoms with Gasteiger partial charge < -0.3 is 20.7 Å². The second-order valence-corrected chi connectivity index (χ2v) is 6.68. The first-order chi connectivity index (χ1) is 14.7. The van der Waals surface area contributed by atoms with E-state index in [2.05, 4.69) is 25.9 Å². The lowest BCUT2D eigenvalue weighted by Gasteiger charge is -2.15. The second-order valence-electron chi connectivity index (χ2n) is 6.68. The van der Waals surface area contributed by atoms with Crippen LogP contribution in [0.2, 0.25) is 0 Å². The molecule has 0 saturated heterocycles. The van der Waals surface area contributed by atoms with Crippen LogP contribution < -0.4 is 20.7 Å². The maximum atomic E-state index is 12.8. The van der Waals surface area contributed by atoms with Gasteiger partial charge in [0.25, 0.3) is 0 Å². The van der Waals surface area contributed by atoms with Crippen molar-refractivity contribution in [3.05, 3.63) is 65.5 Å². The van der Waals surface area contributed by atoms with Crippen molar-refractivity contribution in [1.29, 1.82) is 0 Å². The van der Waals surface area contributed by atoms with Gasteiger partial charge >= 0.3 is 12.2 Å². The molecule has 0 bridgehead atoms. The van der Waals surface area contributed by atoms with E-state index >= 15 is 0 Å². The number of ether oxygens (including phenoxy) is 1. The van der Waals surface area contributed by atoms with Crippen molar-refractivity contribution in [3.63, 3.8) is 0 Å². The Labute approximate surface area is 176 Å². The van der Waals surface area contributed by atoms with Gasteiger partial charge in [0, 0.05) is 24.5 Å². The first kappa shape index (κ1) is 21.9. The van der Waals surface area contributed by atoms with Crippen molar-refractivity contribution in [3.8, 4) is 11.6 Å². The lowest BCUT2D eigenvalue weighted by atomic mass is 10.1. The Hall–Kier alpha value is -3.82. The van der Waals surface area contributed by atoms with Crippen molar-refractivity contribution in [2.75, 3.05) is 23.0 Å². The Kier molecular flexibility index (Phi) is 6.28. The van der Waals surface area contributed by atoms with Crippen LogP contribution in [0.1, 0.15) is 16.7 Å². The van der Waals surface area contributed by atoms with E-state index in [9.17, 15) is 18.0 Å². The van der Waals surface area contributed by atoms with E-state index in [-0.39, 0.29) is 5.69 Å². The first-order valence-corrected chi connectivity index (χ1v) is 9.20. The maximum absolute atomic E-state index is 12.8. The summed E-state index contributed by atoms with van der Waals surface area (Å²) in [6.07, 6.45) is -3.12. The molecule has 1 heterocycles. The highest BCUT2D eigenvalue weighted by Crippen LogP contribution is 2.32. The molecule has 3 rings (SSSR count). The largest absolute Gasteiger partial charge is 0.439 e. The molecule has 2 aromatic carbocycles. The van der Waals surface area contributed by atoms with Crippen LogP contribution in [0, 0.1) is 13.8 Å². The molecule has 162 valence electrons. The Morgan fingerprint density at radius 2 is 1.77 bits per heavy atom. The van der Waals surface area contributed by atoms with Crippen LogP contribution in [0.5, 0.6) is 11.6 Å². The van der Waals surface area contributed by atoms with E-state index in [1.165, 1.54) is 18.5 Å². The number of benzene rings is 2. The summed E-state index contributed by atoms with van der Waals surface area (Å²) in [6.45, 7) is 3.57. The number of nitrogens with zero attached hydrogens (tertiary/aromatic N) is 2. The van der Waals surface area contributed by atoms with Crippen molar-refractivity contribution >= 4 is 23.2 Å². The normalized spacial score (nSPS) is 11.0. The predicted octanol–water partition coefficient (Wildman–Crippen LogP) is 5.59. The Morgan fingerprint density at radius 1 is 1.00 bits per heavy atom. The Morgan fingerprint density at radius 3 is 2.48 bits per heavy atom. The van der Waals surface area contributed by atoms with E-state index in [1.807, 2.05) is 0 Å². The number of halogens is 3. The molecule has 2 amide bonds. The van der Waals surface area contributed by atoms with Gasteiger partial charge in [0.1, 0.15) is 17.9 Å². The molecule has 31 heavy (non-hydrogen) atoms. The van der Waals surface area contributed by atoms with Gasteiger partial charge in [-0.05, 0) is 55.3 Å². The van der Waals surface area contributed by atoms with Gasteiger partial charge in [0.15, 0.2) is 0 Å². The number of aromatic nitrogens is 2. The zero-order chi connectivity index (χ0) is 22.6. The lowest BCUT2D eigenvalue weighted by molar-refractivity contribution is -0.137. The van der Waals surface area contributed by atoms with Crippen LogP contribution >= 0.6 is 0 Å². The molecule has 0 unspecified atom stereocenters. The van der Waals surface area contributed by atoms with Crippen molar-refractivity contribution in [2.45, 2.75) is 20.0 Å². The fraction of sp³-hybridized carbons (Fsp3) is 0.190. The fourth-order valence-electron chi connectivity index (χ4n) is 2.74. The zero-order valence-corrected chi connectivity index (χ0v) is 17.0. The summed E-state index contributed by atoms with van der Waals surface area (Å²) in [6, 6.07) is 8.83. The summed E-state index contributed by atoms with van der Waals surface area (Å²) >= 11 is 0. The molecule has 0 spiro atoms. The van der Waals surface area contributed by atoms with Crippen LogP contribution in [0.3, 0.4) is 0 Å². The number of nitrogens with one attached hydrogen (secondary N) is 3. The number of hydrogen-bond donors (Lipinski definition) is 3. The van der Waals surface area contributed by atoms with Gasteiger partial charge in [0.05, 0.1) is 5.56 Å². The van der Waals surface area contributed by atoms with E-state index in [4.69, 9.17) is 4.74 Å². The number of rotatable bonds is 5. The monoisotopic (exact) mass is 431 g/mol. The van der Waals surface area contributed by atoms with Gasteiger partial charge in [-0.3, -0.25) is 0 Å². The van der Waals surface area contributed by atoms with E-state index < -0.39 is 17.8 Å². The summed E-state index contributed by atoms with van der Waals surface area (Å²) in [5.74, 6) is 1.50. The quantitative estimate of drug-likeness (QED) is 0.490. The van der Waals surface area contributed by atoms with Gasteiger partial charge in [-0.25, -0.2) is 14.8 Å². The van der Waals surface area contributed by atoms with Crippen LogP contribution in [-0.2, 0) is 6.18 Å². The van der Waals surface area contributed by atoms with Crippen molar-refractivity contribution < 1.29 is 22.7 Å². The number of hydrogen-bond acceptors (Lipinski definition) is 5. The van der Waals surface area contributed by atoms with Crippen molar-refractivity contribution in [1.82, 2.24) is 9.97 Å². The Balaban J connectivity index is 1.72. The molecule has 7 nitrogen and oxygen atoms in total. The molecule has 0 fully saturated rings. The van der Waals surface area contributed by atoms with E-state index in [1.54, 1.807) is 39.1 Å². The van der Waals surface area contributed by atoms with Crippen LogP contribution in [0.15, 0.2) is 48.8 Å². The highest BCUT2D eigenvalue weighted by Gasteiger charge is 2.30.